The summed E-state index contributed by atoms with van der Waals surface area (Å²) in [6.07, 6.45) is 6.80. The number of carbonyl (C=O) groups is 2. The van der Waals surface area contributed by atoms with Crippen molar-refractivity contribution in [1.29, 1.82) is 0 Å². The fraction of sp³-hybridized carbons (Fsp3) is 0.520. The van der Waals surface area contributed by atoms with Crippen molar-refractivity contribution in [3.05, 3.63) is 58.4 Å². The molecule has 1 saturated heterocycles. The van der Waals surface area contributed by atoms with Gasteiger partial charge in [0.15, 0.2) is 0 Å². The van der Waals surface area contributed by atoms with E-state index in [1.165, 1.54) is 31.4 Å². The van der Waals surface area contributed by atoms with E-state index in [-0.39, 0.29) is 23.8 Å². The number of rotatable bonds is 5. The molecular formula is C25H31FN4O2. The molecule has 0 unspecified atom stereocenters. The zero-order valence-electron chi connectivity index (χ0n) is 18.9. The van der Waals surface area contributed by atoms with Crippen LogP contribution in [0.4, 0.5) is 4.39 Å². The number of hydrogen-bond donors (Lipinski definition) is 1. The zero-order valence-corrected chi connectivity index (χ0v) is 18.9. The molecule has 1 aromatic carbocycles. The molecule has 2 aromatic rings. The molecule has 7 heteroatoms. The average molecular weight is 439 g/mol. The van der Waals surface area contributed by atoms with Gasteiger partial charge < -0.3 is 10.2 Å². The largest absolute Gasteiger partial charge is 0.353 e. The predicted octanol–water partition coefficient (Wildman–Crippen LogP) is 3.85. The lowest BCUT2D eigenvalue weighted by Crippen LogP contribution is -2.37. The number of halogens is 1. The highest BCUT2D eigenvalue weighted by atomic mass is 19.1. The maximum absolute atomic E-state index is 13.5. The van der Waals surface area contributed by atoms with E-state index in [1.807, 2.05) is 13.8 Å². The van der Waals surface area contributed by atoms with E-state index in [0.717, 1.165) is 36.2 Å². The normalized spacial score (nSPS) is 19.2. The SMILES string of the molecule is Cc1nc([C@H]2CCN(C(=O)c3cccc(F)c3)C2)nc(C)c1CC(=O)NC1CCCCC1. The van der Waals surface area contributed by atoms with Crippen LogP contribution in [-0.4, -0.2) is 45.8 Å². The third-order valence-corrected chi connectivity index (χ3v) is 6.66. The van der Waals surface area contributed by atoms with Gasteiger partial charge in [-0.3, -0.25) is 9.59 Å². The van der Waals surface area contributed by atoms with Crippen LogP contribution in [0, 0.1) is 19.7 Å². The van der Waals surface area contributed by atoms with E-state index in [0.29, 0.717) is 30.9 Å². The number of likely N-dealkylation sites (tertiary alicyclic amines) is 1. The second-order valence-corrected chi connectivity index (χ2v) is 9.06. The van der Waals surface area contributed by atoms with Crippen LogP contribution in [0.25, 0.3) is 0 Å². The first-order valence-electron chi connectivity index (χ1n) is 11.6. The van der Waals surface area contributed by atoms with E-state index in [9.17, 15) is 14.0 Å². The van der Waals surface area contributed by atoms with Crippen LogP contribution in [0.15, 0.2) is 24.3 Å². The standard InChI is InChI=1S/C25H31FN4O2/c1-16-22(14-23(31)29-21-9-4-3-5-10-21)17(2)28-24(27-16)19-11-12-30(15-19)25(32)18-7-6-8-20(26)13-18/h6-8,13,19,21H,3-5,9-12,14-15H2,1-2H3,(H,29,31)/t19-/m0/s1. The van der Waals surface area contributed by atoms with Crippen LogP contribution in [0.3, 0.4) is 0 Å². The number of nitrogens with one attached hydrogen (secondary N) is 1. The van der Waals surface area contributed by atoms with Gasteiger partial charge in [0.25, 0.3) is 5.91 Å². The van der Waals surface area contributed by atoms with Crippen molar-refractivity contribution >= 4 is 11.8 Å². The Labute approximate surface area is 188 Å². The number of nitrogens with zero attached hydrogens (tertiary/aromatic N) is 3. The van der Waals surface area contributed by atoms with Crippen LogP contribution < -0.4 is 5.32 Å². The lowest BCUT2D eigenvalue weighted by atomic mass is 9.95. The molecule has 0 radical (unpaired) electrons. The molecule has 1 aliphatic carbocycles. The second-order valence-electron chi connectivity index (χ2n) is 9.06. The summed E-state index contributed by atoms with van der Waals surface area (Å²) in [6, 6.07) is 6.08. The first kappa shape index (κ1) is 22.4. The van der Waals surface area contributed by atoms with Gasteiger partial charge in [-0.2, -0.15) is 0 Å². The van der Waals surface area contributed by atoms with Gasteiger partial charge in [-0.1, -0.05) is 25.3 Å². The van der Waals surface area contributed by atoms with Gasteiger partial charge in [0.1, 0.15) is 11.6 Å². The maximum Gasteiger partial charge on any atom is 0.253 e. The predicted molar refractivity (Wildman–Crippen MR) is 120 cm³/mol. The molecule has 4 rings (SSSR count). The third kappa shape index (κ3) is 5.14. The maximum atomic E-state index is 13.5. The van der Waals surface area contributed by atoms with Gasteiger partial charge >= 0.3 is 0 Å². The van der Waals surface area contributed by atoms with Gasteiger partial charge in [0, 0.05) is 47.6 Å². The number of benzene rings is 1. The molecule has 2 amide bonds. The molecule has 1 aromatic heterocycles. The van der Waals surface area contributed by atoms with Gasteiger partial charge in [-0.25, -0.2) is 14.4 Å². The van der Waals surface area contributed by atoms with Crippen LogP contribution in [0.5, 0.6) is 0 Å². The Balaban J connectivity index is 1.40. The minimum absolute atomic E-state index is 0.0344. The van der Waals surface area contributed by atoms with Gasteiger partial charge in [0.2, 0.25) is 5.91 Å². The molecule has 1 aliphatic heterocycles. The quantitative estimate of drug-likeness (QED) is 0.769. The number of hydrogen-bond acceptors (Lipinski definition) is 4. The summed E-state index contributed by atoms with van der Waals surface area (Å²) in [5.74, 6) is 0.203. The Kier molecular flexibility index (Phi) is 6.82. The number of aryl methyl sites for hydroxylation is 2. The van der Waals surface area contributed by atoms with Crippen LogP contribution in [0.1, 0.15) is 77.6 Å². The highest BCUT2D eigenvalue weighted by molar-refractivity contribution is 5.94. The minimum atomic E-state index is -0.413. The summed E-state index contributed by atoms with van der Waals surface area (Å²) >= 11 is 0. The Morgan fingerprint density at radius 2 is 1.81 bits per heavy atom. The summed E-state index contributed by atoms with van der Waals surface area (Å²) < 4.78 is 13.5. The highest BCUT2D eigenvalue weighted by Gasteiger charge is 2.30. The molecule has 1 N–H and O–H groups in total. The molecular weight excluding hydrogens is 407 g/mol. The van der Waals surface area contributed by atoms with Crippen molar-refractivity contribution in [2.24, 2.45) is 0 Å². The van der Waals surface area contributed by atoms with Crippen molar-refractivity contribution in [2.75, 3.05) is 13.1 Å². The van der Waals surface area contributed by atoms with E-state index in [2.05, 4.69) is 5.32 Å². The zero-order chi connectivity index (χ0) is 22.7. The number of carbonyl (C=O) groups excluding carboxylic acids is 2. The molecule has 1 atom stereocenters. The smallest absolute Gasteiger partial charge is 0.253 e. The van der Waals surface area contributed by atoms with E-state index in [1.54, 1.807) is 17.0 Å². The minimum Gasteiger partial charge on any atom is -0.353 e. The van der Waals surface area contributed by atoms with Crippen molar-refractivity contribution in [2.45, 2.75) is 70.8 Å². The summed E-state index contributed by atoms with van der Waals surface area (Å²) in [5, 5.41) is 3.16. The average Bonchev–Trinajstić information content (AvgIpc) is 3.26. The number of aromatic nitrogens is 2. The third-order valence-electron chi connectivity index (χ3n) is 6.66. The summed E-state index contributed by atoms with van der Waals surface area (Å²) in [6.45, 7) is 4.95. The first-order valence-corrected chi connectivity index (χ1v) is 11.6. The molecule has 32 heavy (non-hydrogen) atoms. The van der Waals surface area contributed by atoms with Crippen molar-refractivity contribution in [3.8, 4) is 0 Å². The molecule has 170 valence electrons. The molecule has 2 fully saturated rings. The molecule has 1 saturated carbocycles. The van der Waals surface area contributed by atoms with Crippen LogP contribution in [-0.2, 0) is 11.2 Å². The molecule has 0 bridgehead atoms. The Morgan fingerprint density at radius 3 is 2.50 bits per heavy atom. The summed E-state index contributed by atoms with van der Waals surface area (Å²) in [5.41, 5.74) is 2.88. The Bertz CT molecular complexity index is 980. The van der Waals surface area contributed by atoms with Crippen molar-refractivity contribution in [3.63, 3.8) is 0 Å². The van der Waals surface area contributed by atoms with Gasteiger partial charge in [-0.05, 0) is 51.3 Å². The van der Waals surface area contributed by atoms with E-state index < -0.39 is 5.82 Å². The Morgan fingerprint density at radius 1 is 1.09 bits per heavy atom. The topological polar surface area (TPSA) is 75.2 Å². The monoisotopic (exact) mass is 438 g/mol. The van der Waals surface area contributed by atoms with Crippen molar-refractivity contribution in [1.82, 2.24) is 20.2 Å². The molecule has 2 aliphatic rings. The fourth-order valence-electron chi connectivity index (χ4n) is 4.85. The van der Waals surface area contributed by atoms with Gasteiger partial charge in [-0.15, -0.1) is 0 Å². The van der Waals surface area contributed by atoms with Crippen LogP contribution in [0.2, 0.25) is 0 Å². The second kappa shape index (κ2) is 9.76. The van der Waals surface area contributed by atoms with Gasteiger partial charge in [0.05, 0.1) is 6.42 Å². The van der Waals surface area contributed by atoms with Crippen molar-refractivity contribution < 1.29 is 14.0 Å². The fourth-order valence-corrected chi connectivity index (χ4v) is 4.85. The van der Waals surface area contributed by atoms with Crippen LogP contribution >= 0.6 is 0 Å². The molecule has 0 spiro atoms. The number of amides is 2. The van der Waals surface area contributed by atoms with E-state index in [4.69, 9.17) is 9.97 Å². The summed E-state index contributed by atoms with van der Waals surface area (Å²) in [4.78, 5) is 36.4. The molecule has 2 heterocycles. The molecule has 6 nitrogen and oxygen atoms in total. The first-order chi connectivity index (χ1) is 15.4. The van der Waals surface area contributed by atoms with E-state index >= 15 is 0 Å². The lowest BCUT2D eigenvalue weighted by Gasteiger charge is -2.23. The Hall–Kier alpha value is -2.83. The highest BCUT2D eigenvalue weighted by Crippen LogP contribution is 2.27. The lowest BCUT2D eigenvalue weighted by molar-refractivity contribution is -0.121. The summed E-state index contributed by atoms with van der Waals surface area (Å²) in [7, 11) is 0.